The Balaban J connectivity index is 1.89. The molecule has 5 nitrogen and oxygen atoms in total. The van der Waals surface area contributed by atoms with E-state index in [-0.39, 0.29) is 29.8 Å². The molecule has 7 heteroatoms. The Kier molecular flexibility index (Phi) is 6.36. The van der Waals surface area contributed by atoms with Gasteiger partial charge in [0.2, 0.25) is 11.8 Å². The predicted octanol–water partition coefficient (Wildman–Crippen LogP) is 2.37. The van der Waals surface area contributed by atoms with Crippen LogP contribution in [0.5, 0.6) is 0 Å². The fourth-order valence-corrected chi connectivity index (χ4v) is 2.63. The largest absolute Gasteiger partial charge is 0.382 e. The zero-order valence-corrected chi connectivity index (χ0v) is 13.7. The van der Waals surface area contributed by atoms with Crippen LogP contribution >= 0.6 is 11.6 Å². The van der Waals surface area contributed by atoms with Crippen molar-refractivity contribution in [1.29, 1.82) is 0 Å². The fourth-order valence-electron chi connectivity index (χ4n) is 2.46. The maximum Gasteiger partial charge on any atom is 0.227 e. The van der Waals surface area contributed by atoms with Crippen molar-refractivity contribution < 1.29 is 18.7 Å². The Bertz CT molecular complexity index is 582. The number of ether oxygens (including phenoxy) is 1. The van der Waals surface area contributed by atoms with Crippen LogP contribution in [0.2, 0.25) is 5.02 Å². The van der Waals surface area contributed by atoms with Gasteiger partial charge in [-0.2, -0.15) is 0 Å². The van der Waals surface area contributed by atoms with Crippen LogP contribution in [0.3, 0.4) is 0 Å². The molecule has 0 spiro atoms. The molecule has 0 aromatic heterocycles. The number of benzene rings is 1. The van der Waals surface area contributed by atoms with Crippen molar-refractivity contribution in [3.8, 4) is 0 Å². The van der Waals surface area contributed by atoms with Crippen molar-refractivity contribution in [3.05, 3.63) is 29.0 Å². The second kappa shape index (κ2) is 8.26. The summed E-state index contributed by atoms with van der Waals surface area (Å²) >= 11 is 5.74. The molecule has 0 radical (unpaired) electrons. The number of hydrogen-bond acceptors (Lipinski definition) is 3. The fraction of sp³-hybridized carbons (Fsp3) is 0.500. The van der Waals surface area contributed by atoms with Gasteiger partial charge in [0.05, 0.1) is 10.9 Å². The molecule has 1 aromatic rings. The second-order valence-electron chi connectivity index (χ2n) is 5.35. The summed E-state index contributed by atoms with van der Waals surface area (Å²) < 4.78 is 18.4. The molecule has 1 saturated heterocycles. The van der Waals surface area contributed by atoms with Crippen LogP contribution in [-0.4, -0.2) is 38.1 Å². The average molecular weight is 343 g/mol. The Hall–Kier alpha value is -1.66. The Morgan fingerprint density at radius 1 is 1.52 bits per heavy atom. The third kappa shape index (κ3) is 4.65. The van der Waals surface area contributed by atoms with Gasteiger partial charge in [0.25, 0.3) is 0 Å². The minimum absolute atomic E-state index is 0.0425. The lowest BCUT2D eigenvalue weighted by Crippen LogP contribution is -2.33. The average Bonchev–Trinajstić information content (AvgIpc) is 2.92. The standard InChI is InChI=1S/C16H20ClFN2O3/c1-2-23-7-3-6-19-16(22)11-8-15(21)20(10-11)12-4-5-14(18)13(17)9-12/h4-5,9,11H,2-3,6-8,10H2,1H3,(H,19,22)/t11-/m1/s1. The van der Waals surface area contributed by atoms with Crippen LogP contribution in [0.1, 0.15) is 19.8 Å². The maximum absolute atomic E-state index is 13.2. The minimum Gasteiger partial charge on any atom is -0.382 e. The van der Waals surface area contributed by atoms with E-state index >= 15 is 0 Å². The zero-order valence-electron chi connectivity index (χ0n) is 13.0. The highest BCUT2D eigenvalue weighted by atomic mass is 35.5. The molecule has 0 saturated carbocycles. The number of nitrogens with zero attached hydrogens (tertiary/aromatic N) is 1. The highest BCUT2D eigenvalue weighted by Crippen LogP contribution is 2.28. The molecule has 0 bridgehead atoms. The summed E-state index contributed by atoms with van der Waals surface area (Å²) in [5.74, 6) is -1.25. The Morgan fingerprint density at radius 2 is 2.30 bits per heavy atom. The third-order valence-corrected chi connectivity index (χ3v) is 3.97. The minimum atomic E-state index is -0.536. The first-order valence-corrected chi connectivity index (χ1v) is 8.01. The molecule has 1 heterocycles. The normalized spacial score (nSPS) is 17.6. The van der Waals surface area contributed by atoms with Gasteiger partial charge in [-0.05, 0) is 31.5 Å². The van der Waals surface area contributed by atoms with E-state index < -0.39 is 11.7 Å². The molecule has 23 heavy (non-hydrogen) atoms. The molecule has 1 aromatic carbocycles. The zero-order chi connectivity index (χ0) is 16.8. The highest BCUT2D eigenvalue weighted by Gasteiger charge is 2.35. The molecule has 2 amide bonds. The Labute approximate surface area is 139 Å². The summed E-state index contributed by atoms with van der Waals surface area (Å²) in [6.07, 6.45) is 0.879. The molecule has 1 atom stereocenters. The van der Waals surface area contributed by atoms with E-state index in [1.165, 1.54) is 23.1 Å². The van der Waals surface area contributed by atoms with Gasteiger partial charge in [0.1, 0.15) is 5.82 Å². The van der Waals surface area contributed by atoms with Crippen LogP contribution in [0, 0.1) is 11.7 Å². The molecular formula is C16H20ClFN2O3. The molecular weight excluding hydrogens is 323 g/mol. The lowest BCUT2D eigenvalue weighted by Gasteiger charge is -2.17. The first-order valence-electron chi connectivity index (χ1n) is 7.63. The van der Waals surface area contributed by atoms with Gasteiger partial charge < -0.3 is 15.0 Å². The molecule has 1 aliphatic rings. The monoisotopic (exact) mass is 342 g/mol. The number of rotatable bonds is 7. The van der Waals surface area contributed by atoms with Gasteiger partial charge >= 0.3 is 0 Å². The molecule has 0 unspecified atom stereocenters. The molecule has 0 aliphatic carbocycles. The summed E-state index contributed by atoms with van der Waals surface area (Å²) in [4.78, 5) is 25.7. The van der Waals surface area contributed by atoms with E-state index in [0.717, 1.165) is 6.42 Å². The number of hydrogen-bond donors (Lipinski definition) is 1. The number of anilines is 1. The van der Waals surface area contributed by atoms with E-state index in [1.54, 1.807) is 0 Å². The van der Waals surface area contributed by atoms with Gasteiger partial charge in [-0.3, -0.25) is 9.59 Å². The van der Waals surface area contributed by atoms with Crippen molar-refractivity contribution in [3.63, 3.8) is 0 Å². The van der Waals surface area contributed by atoms with Crippen molar-refractivity contribution in [2.75, 3.05) is 31.2 Å². The van der Waals surface area contributed by atoms with Gasteiger partial charge in [-0.1, -0.05) is 11.6 Å². The van der Waals surface area contributed by atoms with E-state index in [1.807, 2.05) is 6.92 Å². The Morgan fingerprint density at radius 3 is 3.00 bits per heavy atom. The van der Waals surface area contributed by atoms with E-state index in [9.17, 15) is 14.0 Å². The molecule has 1 fully saturated rings. The maximum atomic E-state index is 13.2. The number of halogens is 2. The van der Waals surface area contributed by atoms with Crippen LogP contribution in [0.15, 0.2) is 18.2 Å². The second-order valence-corrected chi connectivity index (χ2v) is 5.75. The highest BCUT2D eigenvalue weighted by molar-refractivity contribution is 6.31. The number of amides is 2. The van der Waals surface area contributed by atoms with Gasteiger partial charge in [-0.15, -0.1) is 0 Å². The van der Waals surface area contributed by atoms with Crippen LogP contribution in [0.25, 0.3) is 0 Å². The number of carbonyl (C=O) groups excluding carboxylic acids is 2. The van der Waals surface area contributed by atoms with Crippen molar-refractivity contribution in [1.82, 2.24) is 5.32 Å². The number of carbonyl (C=O) groups is 2. The third-order valence-electron chi connectivity index (χ3n) is 3.68. The van der Waals surface area contributed by atoms with E-state index in [0.29, 0.717) is 25.4 Å². The first-order chi connectivity index (χ1) is 11.0. The molecule has 126 valence electrons. The van der Waals surface area contributed by atoms with Crippen molar-refractivity contribution >= 4 is 29.1 Å². The van der Waals surface area contributed by atoms with Crippen LogP contribution in [-0.2, 0) is 14.3 Å². The summed E-state index contributed by atoms with van der Waals surface area (Å²) in [5.41, 5.74) is 0.507. The van der Waals surface area contributed by atoms with Gasteiger partial charge in [-0.25, -0.2) is 4.39 Å². The summed E-state index contributed by atoms with van der Waals surface area (Å²) in [6, 6.07) is 4.10. The van der Waals surface area contributed by atoms with E-state index in [2.05, 4.69) is 5.32 Å². The summed E-state index contributed by atoms with van der Waals surface area (Å²) in [7, 11) is 0. The lowest BCUT2D eigenvalue weighted by atomic mass is 10.1. The van der Waals surface area contributed by atoms with Gasteiger partial charge in [0.15, 0.2) is 0 Å². The summed E-state index contributed by atoms with van der Waals surface area (Å²) in [6.45, 7) is 3.96. The smallest absolute Gasteiger partial charge is 0.227 e. The topological polar surface area (TPSA) is 58.6 Å². The SMILES string of the molecule is CCOCCCNC(=O)[C@@H]1CC(=O)N(c2ccc(F)c(Cl)c2)C1. The summed E-state index contributed by atoms with van der Waals surface area (Å²) in [5, 5.41) is 2.77. The van der Waals surface area contributed by atoms with Gasteiger partial charge in [0, 0.05) is 38.4 Å². The molecule has 1 N–H and O–H groups in total. The van der Waals surface area contributed by atoms with Crippen molar-refractivity contribution in [2.45, 2.75) is 19.8 Å². The first kappa shape index (κ1) is 17.7. The lowest BCUT2D eigenvalue weighted by molar-refractivity contribution is -0.126. The van der Waals surface area contributed by atoms with E-state index in [4.69, 9.17) is 16.3 Å². The predicted molar refractivity (Wildman–Crippen MR) is 86.0 cm³/mol. The van der Waals surface area contributed by atoms with Crippen LogP contribution < -0.4 is 10.2 Å². The number of nitrogens with one attached hydrogen (secondary N) is 1. The van der Waals surface area contributed by atoms with Crippen LogP contribution in [0.4, 0.5) is 10.1 Å². The molecule has 1 aliphatic heterocycles. The van der Waals surface area contributed by atoms with Crippen molar-refractivity contribution in [2.24, 2.45) is 5.92 Å². The quantitative estimate of drug-likeness (QED) is 0.774. The molecule has 2 rings (SSSR count).